The first-order chi connectivity index (χ1) is 12.6. The molecule has 3 saturated heterocycles. The standard InChI is InChI=1S/C19H22N4O3/c1-2-26-17(24)10-12-3-4-15-14(9-12)18(22-21-15)19(25)20-16-11-23-7-5-13(16)6-8-23/h2-4,9,13,16H,1,5-8,10-11H2,(H,20,25)(H,21,22)/t16-/m1/s1. The lowest BCUT2D eigenvalue weighted by Gasteiger charge is -2.44. The highest BCUT2D eigenvalue weighted by atomic mass is 16.5. The van der Waals surface area contributed by atoms with Crippen LogP contribution in [0.2, 0.25) is 0 Å². The SMILES string of the molecule is C=COC(=O)Cc1ccc2[nH]nc(C(=O)N[C@@H]3CN4CCC3CC4)c2c1. The fraction of sp³-hybridized carbons (Fsp3) is 0.421. The molecule has 2 aromatic rings. The summed E-state index contributed by atoms with van der Waals surface area (Å²) in [4.78, 5) is 26.8. The summed E-state index contributed by atoms with van der Waals surface area (Å²) in [5.41, 5.74) is 1.91. The average molecular weight is 354 g/mol. The topological polar surface area (TPSA) is 87.3 Å². The molecular formula is C19H22N4O3. The Labute approximate surface area is 151 Å². The van der Waals surface area contributed by atoms with Gasteiger partial charge in [-0.05, 0) is 49.5 Å². The Morgan fingerprint density at radius 2 is 2.19 bits per heavy atom. The van der Waals surface area contributed by atoms with Crippen LogP contribution in [0.5, 0.6) is 0 Å². The highest BCUT2D eigenvalue weighted by Gasteiger charge is 2.35. The highest BCUT2D eigenvalue weighted by Crippen LogP contribution is 2.28. The number of rotatable bonds is 5. The van der Waals surface area contributed by atoms with Crippen molar-refractivity contribution in [3.05, 3.63) is 42.3 Å². The third-order valence-corrected chi connectivity index (χ3v) is 5.38. The molecule has 7 nitrogen and oxygen atoms in total. The number of nitrogens with zero attached hydrogens (tertiary/aromatic N) is 2. The minimum atomic E-state index is -0.388. The van der Waals surface area contributed by atoms with Gasteiger partial charge in [-0.2, -0.15) is 5.10 Å². The van der Waals surface area contributed by atoms with Crippen LogP contribution in [0.3, 0.4) is 0 Å². The number of aromatic amines is 1. The summed E-state index contributed by atoms with van der Waals surface area (Å²) in [6.45, 7) is 6.56. The second-order valence-corrected chi connectivity index (χ2v) is 7.00. The number of H-pyrrole nitrogens is 1. The van der Waals surface area contributed by atoms with Gasteiger partial charge < -0.3 is 15.0 Å². The molecule has 5 rings (SSSR count). The largest absolute Gasteiger partial charge is 0.435 e. The van der Waals surface area contributed by atoms with Gasteiger partial charge >= 0.3 is 5.97 Å². The summed E-state index contributed by atoms with van der Waals surface area (Å²) in [6, 6.07) is 5.64. The van der Waals surface area contributed by atoms with E-state index in [0.717, 1.165) is 49.8 Å². The van der Waals surface area contributed by atoms with Crippen molar-refractivity contribution in [3.63, 3.8) is 0 Å². The number of benzene rings is 1. The Bertz CT molecular complexity index is 852. The van der Waals surface area contributed by atoms with Gasteiger partial charge in [0.25, 0.3) is 5.91 Å². The van der Waals surface area contributed by atoms with E-state index in [-0.39, 0.29) is 24.3 Å². The molecule has 2 N–H and O–H groups in total. The molecule has 136 valence electrons. The monoisotopic (exact) mass is 354 g/mol. The summed E-state index contributed by atoms with van der Waals surface area (Å²) in [7, 11) is 0. The molecule has 1 aromatic heterocycles. The molecule has 1 atom stereocenters. The number of piperidine rings is 3. The first-order valence-corrected chi connectivity index (χ1v) is 8.94. The van der Waals surface area contributed by atoms with Gasteiger partial charge in [0.15, 0.2) is 5.69 Å². The van der Waals surface area contributed by atoms with Crippen LogP contribution in [-0.4, -0.2) is 52.6 Å². The van der Waals surface area contributed by atoms with Crippen molar-refractivity contribution in [2.24, 2.45) is 5.92 Å². The number of esters is 1. The summed E-state index contributed by atoms with van der Waals surface area (Å²) < 4.78 is 4.76. The fourth-order valence-electron chi connectivity index (χ4n) is 4.01. The van der Waals surface area contributed by atoms with E-state index in [2.05, 4.69) is 27.0 Å². The van der Waals surface area contributed by atoms with Gasteiger partial charge in [0.05, 0.1) is 18.2 Å². The third kappa shape index (κ3) is 3.22. The lowest BCUT2D eigenvalue weighted by atomic mass is 9.84. The summed E-state index contributed by atoms with van der Waals surface area (Å²) in [5.74, 6) is 0.000311. The number of amides is 1. The Morgan fingerprint density at radius 3 is 2.88 bits per heavy atom. The quantitative estimate of drug-likeness (QED) is 0.629. The van der Waals surface area contributed by atoms with E-state index in [1.165, 1.54) is 0 Å². The van der Waals surface area contributed by atoms with Crippen LogP contribution in [0, 0.1) is 5.92 Å². The van der Waals surface area contributed by atoms with Crippen molar-refractivity contribution < 1.29 is 14.3 Å². The molecule has 1 amide bonds. The second kappa shape index (κ2) is 6.92. The molecule has 3 fully saturated rings. The smallest absolute Gasteiger partial charge is 0.315 e. The Morgan fingerprint density at radius 1 is 1.38 bits per heavy atom. The summed E-state index contributed by atoms with van der Waals surface area (Å²) >= 11 is 0. The number of hydrogen-bond acceptors (Lipinski definition) is 5. The number of carbonyl (C=O) groups is 2. The van der Waals surface area contributed by atoms with E-state index in [1.807, 2.05) is 18.2 Å². The van der Waals surface area contributed by atoms with E-state index < -0.39 is 0 Å². The first-order valence-electron chi connectivity index (χ1n) is 8.94. The molecular weight excluding hydrogens is 332 g/mol. The van der Waals surface area contributed by atoms with Crippen molar-refractivity contribution in [2.45, 2.75) is 25.3 Å². The Balaban J connectivity index is 1.52. The van der Waals surface area contributed by atoms with Gasteiger partial charge in [-0.1, -0.05) is 12.6 Å². The van der Waals surface area contributed by atoms with Crippen LogP contribution in [0.1, 0.15) is 28.9 Å². The molecule has 3 aliphatic rings. The number of carbonyl (C=O) groups excluding carboxylic acids is 2. The highest BCUT2D eigenvalue weighted by molar-refractivity contribution is 6.05. The molecule has 0 spiro atoms. The minimum absolute atomic E-state index is 0.119. The van der Waals surface area contributed by atoms with Crippen LogP contribution >= 0.6 is 0 Å². The third-order valence-electron chi connectivity index (χ3n) is 5.38. The lowest BCUT2D eigenvalue weighted by molar-refractivity contribution is -0.137. The van der Waals surface area contributed by atoms with Gasteiger partial charge in [-0.25, -0.2) is 0 Å². The molecule has 0 aliphatic carbocycles. The molecule has 0 radical (unpaired) electrons. The molecule has 26 heavy (non-hydrogen) atoms. The predicted octanol–water partition coefficient (Wildman–Crippen LogP) is 1.62. The number of ether oxygens (including phenoxy) is 1. The van der Waals surface area contributed by atoms with E-state index in [1.54, 1.807) is 0 Å². The van der Waals surface area contributed by atoms with Crippen molar-refractivity contribution in [2.75, 3.05) is 19.6 Å². The van der Waals surface area contributed by atoms with E-state index in [9.17, 15) is 9.59 Å². The van der Waals surface area contributed by atoms with Gasteiger partial charge in [0.2, 0.25) is 0 Å². The minimum Gasteiger partial charge on any atom is -0.435 e. The van der Waals surface area contributed by atoms with Crippen molar-refractivity contribution >= 4 is 22.8 Å². The number of aromatic nitrogens is 2. The maximum atomic E-state index is 12.8. The summed E-state index contributed by atoms with van der Waals surface area (Å²) in [6.07, 6.45) is 3.52. The molecule has 4 heterocycles. The van der Waals surface area contributed by atoms with Gasteiger partial charge in [0, 0.05) is 18.0 Å². The molecule has 2 bridgehead atoms. The van der Waals surface area contributed by atoms with Crippen molar-refractivity contribution in [1.29, 1.82) is 0 Å². The second-order valence-electron chi connectivity index (χ2n) is 7.00. The number of hydrogen-bond donors (Lipinski definition) is 2. The predicted molar refractivity (Wildman–Crippen MR) is 96.5 cm³/mol. The Hall–Kier alpha value is -2.67. The Kier molecular flexibility index (Phi) is 4.46. The summed E-state index contributed by atoms with van der Waals surface area (Å²) in [5, 5.41) is 11.0. The molecule has 3 aliphatic heterocycles. The zero-order valence-corrected chi connectivity index (χ0v) is 14.5. The van der Waals surface area contributed by atoms with E-state index in [4.69, 9.17) is 4.74 Å². The first kappa shape index (κ1) is 16.8. The van der Waals surface area contributed by atoms with Crippen LogP contribution in [0.15, 0.2) is 31.0 Å². The molecule has 0 saturated carbocycles. The lowest BCUT2D eigenvalue weighted by Crippen LogP contribution is -2.57. The number of nitrogens with one attached hydrogen (secondary N) is 2. The average Bonchev–Trinajstić information content (AvgIpc) is 3.06. The van der Waals surface area contributed by atoms with Crippen LogP contribution < -0.4 is 5.32 Å². The maximum Gasteiger partial charge on any atom is 0.315 e. The molecule has 0 unspecified atom stereocenters. The van der Waals surface area contributed by atoms with Gasteiger partial charge in [0.1, 0.15) is 0 Å². The fourth-order valence-corrected chi connectivity index (χ4v) is 4.01. The van der Waals surface area contributed by atoms with Crippen LogP contribution in [-0.2, 0) is 16.0 Å². The van der Waals surface area contributed by atoms with Crippen molar-refractivity contribution in [3.8, 4) is 0 Å². The van der Waals surface area contributed by atoms with Gasteiger partial charge in [-0.3, -0.25) is 14.7 Å². The normalized spacial score (nSPS) is 24.4. The zero-order valence-electron chi connectivity index (χ0n) is 14.5. The van der Waals surface area contributed by atoms with E-state index >= 15 is 0 Å². The van der Waals surface area contributed by atoms with E-state index in [0.29, 0.717) is 17.0 Å². The molecule has 7 heteroatoms. The van der Waals surface area contributed by atoms with Gasteiger partial charge in [-0.15, -0.1) is 0 Å². The van der Waals surface area contributed by atoms with Crippen LogP contribution in [0.4, 0.5) is 0 Å². The zero-order chi connectivity index (χ0) is 18.1. The van der Waals surface area contributed by atoms with Crippen LogP contribution in [0.25, 0.3) is 10.9 Å². The molecule has 1 aromatic carbocycles. The number of fused-ring (bicyclic) bond motifs is 4. The van der Waals surface area contributed by atoms with Crippen molar-refractivity contribution in [1.82, 2.24) is 20.4 Å². The maximum absolute atomic E-state index is 12.8.